The Morgan fingerprint density at radius 2 is 2.00 bits per heavy atom. The van der Waals surface area contributed by atoms with Crippen LogP contribution in [0.5, 0.6) is 0 Å². The number of benzene rings is 1. The number of sulfonamides is 1. The molecule has 3 N–H and O–H groups in total. The first-order valence-corrected chi connectivity index (χ1v) is 6.71. The number of anilines is 1. The van der Waals surface area contributed by atoms with Crippen LogP contribution in [0.25, 0.3) is 0 Å². The Labute approximate surface area is 95.9 Å². The molecule has 1 fully saturated rings. The monoisotopic (exact) mass is 240 g/mol. The van der Waals surface area contributed by atoms with E-state index in [0.29, 0.717) is 11.3 Å². The van der Waals surface area contributed by atoms with Crippen molar-refractivity contribution in [1.82, 2.24) is 4.72 Å². The predicted octanol–water partition coefficient (Wildman–Crippen LogP) is 1.41. The maximum Gasteiger partial charge on any atom is 0.241 e. The van der Waals surface area contributed by atoms with Gasteiger partial charge in [-0.1, -0.05) is 6.07 Å². The van der Waals surface area contributed by atoms with E-state index in [4.69, 9.17) is 5.73 Å². The van der Waals surface area contributed by atoms with Crippen LogP contribution in [0, 0.1) is 6.92 Å². The molecule has 2 rings (SSSR count). The van der Waals surface area contributed by atoms with E-state index >= 15 is 0 Å². The Hall–Kier alpha value is -1.07. The summed E-state index contributed by atoms with van der Waals surface area (Å²) in [5.74, 6) is 0. The molecule has 0 atom stereocenters. The molecule has 0 radical (unpaired) electrons. The van der Waals surface area contributed by atoms with Gasteiger partial charge >= 0.3 is 0 Å². The average molecular weight is 240 g/mol. The summed E-state index contributed by atoms with van der Waals surface area (Å²) in [5, 5.41) is 0. The topological polar surface area (TPSA) is 72.2 Å². The Morgan fingerprint density at radius 3 is 2.56 bits per heavy atom. The molecule has 0 saturated heterocycles. The quantitative estimate of drug-likeness (QED) is 0.785. The molecule has 1 aromatic carbocycles. The van der Waals surface area contributed by atoms with Gasteiger partial charge in [-0.15, -0.1) is 0 Å². The minimum atomic E-state index is -3.44. The first-order chi connectivity index (χ1) is 7.34. The number of nitrogens with one attached hydrogen (secondary N) is 1. The van der Waals surface area contributed by atoms with Crippen molar-refractivity contribution in [3.05, 3.63) is 23.8 Å². The third kappa shape index (κ3) is 2.05. The molecule has 4 nitrogen and oxygen atoms in total. The van der Waals surface area contributed by atoms with Crippen molar-refractivity contribution in [1.29, 1.82) is 0 Å². The van der Waals surface area contributed by atoms with E-state index in [-0.39, 0.29) is 10.4 Å². The van der Waals surface area contributed by atoms with E-state index in [1.54, 1.807) is 25.1 Å². The molecule has 0 spiro atoms. The third-order valence-electron chi connectivity index (χ3n) is 3.00. The zero-order valence-electron chi connectivity index (χ0n) is 9.45. The first kappa shape index (κ1) is 11.4. The molecule has 16 heavy (non-hydrogen) atoms. The Balaban J connectivity index is 2.39. The van der Waals surface area contributed by atoms with Crippen molar-refractivity contribution in [3.8, 4) is 0 Å². The summed E-state index contributed by atoms with van der Waals surface area (Å²) in [6.07, 6.45) is 1.79. The van der Waals surface area contributed by atoms with Crippen molar-refractivity contribution in [2.24, 2.45) is 0 Å². The molecule has 5 heteroatoms. The van der Waals surface area contributed by atoms with Gasteiger partial charge in [-0.2, -0.15) is 0 Å². The Bertz CT molecular complexity index is 519. The smallest absolute Gasteiger partial charge is 0.241 e. The normalized spacial score (nSPS) is 18.4. The molecule has 1 aromatic rings. The van der Waals surface area contributed by atoms with Crippen molar-refractivity contribution in [2.45, 2.75) is 37.1 Å². The van der Waals surface area contributed by atoms with E-state index in [1.165, 1.54) is 0 Å². The third-order valence-corrected chi connectivity index (χ3v) is 4.78. The maximum absolute atomic E-state index is 12.1. The summed E-state index contributed by atoms with van der Waals surface area (Å²) in [7, 11) is -3.44. The first-order valence-electron chi connectivity index (χ1n) is 5.23. The average Bonchev–Trinajstić information content (AvgIpc) is 2.86. The fourth-order valence-corrected chi connectivity index (χ4v) is 3.33. The van der Waals surface area contributed by atoms with Gasteiger partial charge in [0.25, 0.3) is 0 Å². The standard InChI is InChI=1S/C11H16N2O2S/c1-8-9(12)4-3-5-10(8)16(14,15)13-11(2)6-7-11/h3-5,13H,6-7,12H2,1-2H3. The molecule has 0 bridgehead atoms. The van der Waals surface area contributed by atoms with E-state index in [0.717, 1.165) is 12.8 Å². The van der Waals surface area contributed by atoms with Crippen LogP contribution >= 0.6 is 0 Å². The van der Waals surface area contributed by atoms with Crippen molar-refractivity contribution in [3.63, 3.8) is 0 Å². The minimum absolute atomic E-state index is 0.254. The van der Waals surface area contributed by atoms with E-state index in [9.17, 15) is 8.42 Å². The van der Waals surface area contributed by atoms with Crippen LogP contribution in [0.1, 0.15) is 25.3 Å². The summed E-state index contributed by atoms with van der Waals surface area (Å²) >= 11 is 0. The van der Waals surface area contributed by atoms with Crippen molar-refractivity contribution >= 4 is 15.7 Å². The molecule has 1 aliphatic carbocycles. The number of nitrogens with two attached hydrogens (primary N) is 1. The van der Waals surface area contributed by atoms with Crippen molar-refractivity contribution < 1.29 is 8.42 Å². The van der Waals surface area contributed by atoms with Gasteiger partial charge < -0.3 is 5.73 Å². The van der Waals surface area contributed by atoms with Gasteiger partial charge in [-0.05, 0) is 44.4 Å². The molecular formula is C11H16N2O2S. The second-order valence-corrected chi connectivity index (χ2v) is 6.29. The van der Waals surface area contributed by atoms with Crippen LogP contribution in [0.4, 0.5) is 5.69 Å². The van der Waals surface area contributed by atoms with Gasteiger partial charge in [0.05, 0.1) is 4.90 Å². The molecule has 0 amide bonds. The van der Waals surface area contributed by atoms with Crippen LogP contribution < -0.4 is 10.5 Å². The highest BCUT2D eigenvalue weighted by Gasteiger charge is 2.41. The highest BCUT2D eigenvalue weighted by Crippen LogP contribution is 2.36. The summed E-state index contributed by atoms with van der Waals surface area (Å²) in [6.45, 7) is 3.63. The summed E-state index contributed by atoms with van der Waals surface area (Å²) in [4.78, 5) is 0.278. The van der Waals surface area contributed by atoms with Crippen LogP contribution in [0.15, 0.2) is 23.1 Å². The Kier molecular flexibility index (Phi) is 2.47. The molecule has 0 heterocycles. The van der Waals surface area contributed by atoms with E-state index in [1.807, 2.05) is 6.92 Å². The molecule has 0 unspecified atom stereocenters. The maximum atomic E-state index is 12.1. The van der Waals surface area contributed by atoms with Gasteiger partial charge in [0.1, 0.15) is 0 Å². The van der Waals surface area contributed by atoms with Gasteiger partial charge in [0.15, 0.2) is 0 Å². The molecule has 1 aliphatic rings. The second-order valence-electron chi connectivity index (χ2n) is 4.64. The second kappa shape index (κ2) is 3.46. The summed E-state index contributed by atoms with van der Waals surface area (Å²) < 4.78 is 26.9. The lowest BCUT2D eigenvalue weighted by molar-refractivity contribution is 0.557. The zero-order valence-corrected chi connectivity index (χ0v) is 10.3. The minimum Gasteiger partial charge on any atom is -0.398 e. The largest absolute Gasteiger partial charge is 0.398 e. The van der Waals surface area contributed by atoms with Crippen molar-refractivity contribution in [2.75, 3.05) is 5.73 Å². The fraction of sp³-hybridized carbons (Fsp3) is 0.455. The lowest BCUT2D eigenvalue weighted by Gasteiger charge is -2.14. The lowest BCUT2D eigenvalue weighted by Crippen LogP contribution is -2.34. The lowest BCUT2D eigenvalue weighted by atomic mass is 10.2. The summed E-state index contributed by atoms with van der Waals surface area (Å²) in [5.41, 5.74) is 6.56. The number of nitrogen functional groups attached to an aromatic ring is 1. The molecular weight excluding hydrogens is 224 g/mol. The highest BCUT2D eigenvalue weighted by atomic mass is 32.2. The summed E-state index contributed by atoms with van der Waals surface area (Å²) in [6, 6.07) is 4.94. The van der Waals surface area contributed by atoms with Gasteiger partial charge in [-0.25, -0.2) is 13.1 Å². The molecule has 88 valence electrons. The van der Waals surface area contributed by atoms with Crippen LogP contribution in [-0.2, 0) is 10.0 Å². The van der Waals surface area contributed by atoms with Crippen LogP contribution in [-0.4, -0.2) is 14.0 Å². The molecule has 0 aliphatic heterocycles. The number of hydrogen-bond acceptors (Lipinski definition) is 3. The van der Waals surface area contributed by atoms with Gasteiger partial charge in [-0.3, -0.25) is 0 Å². The predicted molar refractivity (Wildman–Crippen MR) is 63.6 cm³/mol. The molecule has 0 aromatic heterocycles. The number of rotatable bonds is 3. The Morgan fingerprint density at radius 1 is 1.38 bits per heavy atom. The van der Waals surface area contributed by atoms with Gasteiger partial charge in [0, 0.05) is 11.2 Å². The van der Waals surface area contributed by atoms with E-state index in [2.05, 4.69) is 4.72 Å². The highest BCUT2D eigenvalue weighted by molar-refractivity contribution is 7.89. The van der Waals surface area contributed by atoms with Gasteiger partial charge in [0.2, 0.25) is 10.0 Å². The van der Waals surface area contributed by atoms with E-state index < -0.39 is 10.0 Å². The zero-order chi connectivity index (χ0) is 12.0. The number of hydrogen-bond donors (Lipinski definition) is 2. The SMILES string of the molecule is Cc1c(N)cccc1S(=O)(=O)NC1(C)CC1. The van der Waals surface area contributed by atoms with Crippen LogP contribution in [0.3, 0.4) is 0 Å². The molecule has 1 saturated carbocycles. The van der Waals surface area contributed by atoms with Crippen LogP contribution in [0.2, 0.25) is 0 Å². The fourth-order valence-electron chi connectivity index (χ4n) is 1.59.